The molecule has 7 nitrogen and oxygen atoms in total. The fourth-order valence-electron chi connectivity index (χ4n) is 2.43. The van der Waals surface area contributed by atoms with E-state index >= 15 is 0 Å². The molecular weight excluding hydrogens is 292 g/mol. The quantitative estimate of drug-likeness (QED) is 0.588. The molecule has 4 rings (SSSR count). The molecule has 0 saturated carbocycles. The van der Waals surface area contributed by atoms with E-state index in [0.29, 0.717) is 28.1 Å². The number of benzene rings is 1. The molecule has 3 N–H and O–H groups in total. The molecule has 3 aromatic heterocycles. The molecule has 0 atom stereocenters. The zero-order chi connectivity index (χ0) is 15.8. The molecule has 0 aliphatic carbocycles. The third-order valence-corrected chi connectivity index (χ3v) is 3.52. The number of aromatic hydroxyl groups is 1. The van der Waals surface area contributed by atoms with Crippen LogP contribution < -0.4 is 5.73 Å². The van der Waals surface area contributed by atoms with Gasteiger partial charge in [-0.15, -0.1) is 15.3 Å². The number of hydrogen-bond donors (Lipinski definition) is 2. The van der Waals surface area contributed by atoms with Gasteiger partial charge in [0.15, 0.2) is 11.3 Å². The Hall–Kier alpha value is -3.48. The Kier molecular flexibility index (Phi) is 2.90. The van der Waals surface area contributed by atoms with Crippen LogP contribution in [0.3, 0.4) is 0 Å². The number of anilines is 1. The van der Waals surface area contributed by atoms with Crippen molar-refractivity contribution in [1.82, 2.24) is 25.0 Å². The van der Waals surface area contributed by atoms with Crippen molar-refractivity contribution in [3.05, 3.63) is 54.9 Å². The number of aromatic nitrogens is 5. The first kappa shape index (κ1) is 13.2. The lowest BCUT2D eigenvalue weighted by Gasteiger charge is -2.05. The molecule has 0 aliphatic rings. The van der Waals surface area contributed by atoms with Crippen LogP contribution in [0.15, 0.2) is 54.9 Å². The van der Waals surface area contributed by atoms with Crippen LogP contribution in [0.4, 0.5) is 5.82 Å². The maximum atomic E-state index is 10.0. The van der Waals surface area contributed by atoms with Crippen LogP contribution in [-0.2, 0) is 0 Å². The highest BCUT2D eigenvalue weighted by Gasteiger charge is 2.14. The van der Waals surface area contributed by atoms with Gasteiger partial charge < -0.3 is 10.8 Å². The smallest absolute Gasteiger partial charge is 0.174 e. The average Bonchev–Trinajstić information content (AvgIpc) is 2.92. The summed E-state index contributed by atoms with van der Waals surface area (Å²) < 4.78 is 1.66. The summed E-state index contributed by atoms with van der Waals surface area (Å²) in [5.74, 6) is 0.432. The molecule has 0 saturated heterocycles. The van der Waals surface area contributed by atoms with Gasteiger partial charge in [-0.05, 0) is 30.3 Å². The second-order valence-corrected chi connectivity index (χ2v) is 4.99. The number of nitrogens with two attached hydrogens (primary N) is 1. The molecule has 7 heteroatoms. The molecule has 0 spiro atoms. The standard InChI is InChI=1S/C16H12N6O/c17-16-15-13(22(21-16)10-4-3-7-18-9-10)8-12(19-20-15)11-5-1-2-6-14(11)23/h1-9,23H,(H2,17,21). The number of para-hydroxylation sites is 1. The number of nitrogen functional groups attached to an aromatic ring is 1. The van der Waals surface area contributed by atoms with Crippen LogP contribution in [0.2, 0.25) is 0 Å². The zero-order valence-electron chi connectivity index (χ0n) is 12.0. The predicted molar refractivity (Wildman–Crippen MR) is 86.0 cm³/mol. The number of pyridine rings is 1. The van der Waals surface area contributed by atoms with Gasteiger partial charge in [-0.25, -0.2) is 4.68 Å². The Morgan fingerprint density at radius 2 is 1.91 bits per heavy atom. The van der Waals surface area contributed by atoms with Crippen LogP contribution >= 0.6 is 0 Å². The van der Waals surface area contributed by atoms with Crippen LogP contribution in [0.5, 0.6) is 5.75 Å². The first-order valence-electron chi connectivity index (χ1n) is 6.95. The van der Waals surface area contributed by atoms with Gasteiger partial charge in [0.25, 0.3) is 0 Å². The molecule has 0 unspecified atom stereocenters. The van der Waals surface area contributed by atoms with E-state index in [-0.39, 0.29) is 5.75 Å². The van der Waals surface area contributed by atoms with E-state index in [1.54, 1.807) is 41.3 Å². The number of phenols is 1. The van der Waals surface area contributed by atoms with Crippen LogP contribution in [0, 0.1) is 0 Å². The number of hydrogen-bond acceptors (Lipinski definition) is 6. The van der Waals surface area contributed by atoms with Crippen molar-refractivity contribution in [2.75, 3.05) is 5.73 Å². The van der Waals surface area contributed by atoms with Gasteiger partial charge in [-0.1, -0.05) is 12.1 Å². The molecule has 0 radical (unpaired) electrons. The first-order valence-corrected chi connectivity index (χ1v) is 6.95. The van der Waals surface area contributed by atoms with Gasteiger partial charge in [0.1, 0.15) is 5.75 Å². The Balaban J connectivity index is 1.97. The van der Waals surface area contributed by atoms with E-state index in [0.717, 1.165) is 5.69 Å². The van der Waals surface area contributed by atoms with Crippen LogP contribution in [0.1, 0.15) is 0 Å². The van der Waals surface area contributed by atoms with Crippen molar-refractivity contribution in [2.45, 2.75) is 0 Å². The number of phenolic OH excluding ortho intramolecular Hbond substituents is 1. The lowest BCUT2D eigenvalue weighted by atomic mass is 10.1. The Morgan fingerprint density at radius 3 is 2.70 bits per heavy atom. The molecule has 0 amide bonds. The lowest BCUT2D eigenvalue weighted by molar-refractivity contribution is 0.477. The average molecular weight is 304 g/mol. The minimum Gasteiger partial charge on any atom is -0.507 e. The summed E-state index contributed by atoms with van der Waals surface area (Å²) in [6.07, 6.45) is 3.37. The Labute approximate surface area is 131 Å². The Morgan fingerprint density at radius 1 is 1.04 bits per heavy atom. The highest BCUT2D eigenvalue weighted by atomic mass is 16.3. The number of fused-ring (bicyclic) bond motifs is 1. The van der Waals surface area contributed by atoms with E-state index in [4.69, 9.17) is 5.73 Å². The predicted octanol–water partition coefficient (Wildman–Crippen LogP) is 2.17. The van der Waals surface area contributed by atoms with E-state index < -0.39 is 0 Å². The summed E-state index contributed by atoms with van der Waals surface area (Å²) in [7, 11) is 0. The fraction of sp³-hybridized carbons (Fsp3) is 0. The maximum absolute atomic E-state index is 10.0. The maximum Gasteiger partial charge on any atom is 0.174 e. The zero-order valence-corrected chi connectivity index (χ0v) is 12.0. The van der Waals surface area contributed by atoms with E-state index in [9.17, 15) is 5.11 Å². The summed E-state index contributed by atoms with van der Waals surface area (Å²) in [5.41, 5.74) is 9.04. The normalized spacial score (nSPS) is 11.0. The van der Waals surface area contributed by atoms with Gasteiger partial charge in [-0.3, -0.25) is 4.98 Å². The van der Waals surface area contributed by atoms with Gasteiger partial charge >= 0.3 is 0 Å². The van der Waals surface area contributed by atoms with Crippen molar-refractivity contribution in [3.63, 3.8) is 0 Å². The van der Waals surface area contributed by atoms with Crippen molar-refractivity contribution < 1.29 is 5.11 Å². The summed E-state index contributed by atoms with van der Waals surface area (Å²) >= 11 is 0. The number of rotatable bonds is 2. The molecule has 3 heterocycles. The highest BCUT2D eigenvalue weighted by molar-refractivity contribution is 5.88. The third kappa shape index (κ3) is 2.15. The summed E-state index contributed by atoms with van der Waals surface area (Å²) in [5, 5.41) is 22.6. The minimum atomic E-state index is 0.140. The largest absolute Gasteiger partial charge is 0.507 e. The van der Waals surface area contributed by atoms with Crippen molar-refractivity contribution in [1.29, 1.82) is 0 Å². The van der Waals surface area contributed by atoms with Gasteiger partial charge in [0, 0.05) is 11.8 Å². The summed E-state index contributed by atoms with van der Waals surface area (Å²) in [4.78, 5) is 4.09. The van der Waals surface area contributed by atoms with Crippen molar-refractivity contribution >= 4 is 16.9 Å². The van der Waals surface area contributed by atoms with E-state index in [1.807, 2.05) is 18.2 Å². The summed E-state index contributed by atoms with van der Waals surface area (Å²) in [6, 6.07) is 12.5. The van der Waals surface area contributed by atoms with Crippen molar-refractivity contribution in [2.24, 2.45) is 0 Å². The third-order valence-electron chi connectivity index (χ3n) is 3.52. The molecule has 1 aromatic carbocycles. The molecule has 0 bridgehead atoms. The molecular formula is C16H12N6O. The van der Waals surface area contributed by atoms with E-state index in [2.05, 4.69) is 20.3 Å². The van der Waals surface area contributed by atoms with E-state index in [1.165, 1.54) is 0 Å². The lowest BCUT2D eigenvalue weighted by Crippen LogP contribution is -1.98. The van der Waals surface area contributed by atoms with Gasteiger partial charge in [0.05, 0.1) is 23.1 Å². The molecule has 23 heavy (non-hydrogen) atoms. The second-order valence-electron chi connectivity index (χ2n) is 4.99. The monoisotopic (exact) mass is 304 g/mol. The summed E-state index contributed by atoms with van der Waals surface area (Å²) in [6.45, 7) is 0. The minimum absolute atomic E-state index is 0.140. The van der Waals surface area contributed by atoms with Crippen LogP contribution in [-0.4, -0.2) is 30.1 Å². The molecule has 0 aliphatic heterocycles. The SMILES string of the molecule is Nc1nn(-c2cccnc2)c2cc(-c3ccccc3O)nnc12. The topological polar surface area (TPSA) is 103 Å². The first-order chi connectivity index (χ1) is 11.2. The fourth-order valence-corrected chi connectivity index (χ4v) is 2.43. The molecule has 4 aromatic rings. The Bertz CT molecular complexity index is 996. The van der Waals surface area contributed by atoms with Crippen LogP contribution in [0.25, 0.3) is 28.0 Å². The second kappa shape index (κ2) is 5.06. The van der Waals surface area contributed by atoms with Crippen molar-refractivity contribution in [3.8, 4) is 22.7 Å². The molecule has 112 valence electrons. The van der Waals surface area contributed by atoms with Gasteiger partial charge in [-0.2, -0.15) is 0 Å². The van der Waals surface area contributed by atoms with Gasteiger partial charge in [0.2, 0.25) is 0 Å². The molecule has 0 fully saturated rings. The number of nitrogens with zero attached hydrogens (tertiary/aromatic N) is 5. The highest BCUT2D eigenvalue weighted by Crippen LogP contribution is 2.30.